The van der Waals surface area contributed by atoms with Crippen LogP contribution in [0.1, 0.15) is 168 Å². The minimum atomic E-state index is -0.832. The zero-order valence-corrected chi connectivity index (χ0v) is 27.1. The van der Waals surface area contributed by atoms with Crippen LogP contribution < -0.4 is 0 Å². The summed E-state index contributed by atoms with van der Waals surface area (Å²) in [5, 5.41) is 0. The number of rotatable bonds is 10. The van der Waals surface area contributed by atoms with E-state index in [0.29, 0.717) is 5.78 Å². The molecule has 3 heteroatoms. The number of hydrogen-bond acceptors (Lipinski definition) is 1. The zero-order valence-electron chi connectivity index (χ0n) is 25.6. The van der Waals surface area contributed by atoms with Gasteiger partial charge in [-0.1, -0.05) is 114 Å². The second-order valence-electron chi connectivity index (χ2n) is 15.3. The standard InChI is InChI=1S/C36H60Cl2O/c1-3-5-7-9-27-11-15-29(16-12-27)31-19-23-34(24-20-31)33(39)35(36(34,37)38)25-21-32(22-26-35)30-17-13-28(14-18-30)10-8-6-4-2/h27-32H,3-26H2,1-2H3/t27?,28?,29?,30?,31-,32?,34+,35-. The average Bonchev–Trinajstić information content (AvgIpc) is 2.98. The number of ketones is 1. The van der Waals surface area contributed by atoms with Crippen LogP contribution in [-0.2, 0) is 4.79 Å². The molecule has 5 saturated carbocycles. The summed E-state index contributed by atoms with van der Waals surface area (Å²) in [5.41, 5.74) is -0.874. The smallest absolute Gasteiger partial charge is 0.151 e. The molecule has 224 valence electrons. The van der Waals surface area contributed by atoms with E-state index in [1.165, 1.54) is 128 Å². The molecule has 0 heterocycles. The Bertz CT molecular complexity index is 710. The fourth-order valence-electron chi connectivity index (χ4n) is 10.7. The number of Topliss-reactive ketones (excluding diaryl/α,β-unsaturated/α-hetero) is 1. The second kappa shape index (κ2) is 13.3. The van der Waals surface area contributed by atoms with Gasteiger partial charge in [0.25, 0.3) is 0 Å². The van der Waals surface area contributed by atoms with Crippen molar-refractivity contribution in [2.45, 2.75) is 172 Å². The third-order valence-electron chi connectivity index (χ3n) is 13.4. The Morgan fingerprint density at radius 3 is 1.18 bits per heavy atom. The van der Waals surface area contributed by atoms with Crippen molar-refractivity contribution in [3.63, 3.8) is 0 Å². The van der Waals surface area contributed by atoms with Crippen LogP contribution in [0.3, 0.4) is 0 Å². The minimum Gasteiger partial charge on any atom is -0.298 e. The van der Waals surface area contributed by atoms with E-state index in [-0.39, 0.29) is 0 Å². The number of carbonyl (C=O) groups is 1. The SMILES string of the molecule is CCCCCC1CCC(C2CC[C@]3(CC2)C(=O)[C@@]2(CC[C@@H](C4CCC(CCCCC)CC4)CC2)C3(Cl)Cl)CC1. The summed E-state index contributed by atoms with van der Waals surface area (Å²) in [7, 11) is 0. The average molecular weight is 580 g/mol. The maximum absolute atomic E-state index is 14.1. The first-order valence-corrected chi connectivity index (χ1v) is 18.5. The van der Waals surface area contributed by atoms with Crippen LogP contribution >= 0.6 is 23.2 Å². The Hall–Kier alpha value is 0.250. The van der Waals surface area contributed by atoms with E-state index < -0.39 is 15.2 Å². The lowest BCUT2D eigenvalue weighted by Gasteiger charge is -2.67. The van der Waals surface area contributed by atoms with Gasteiger partial charge in [0, 0.05) is 0 Å². The molecule has 1 nitrogen and oxygen atoms in total. The number of alkyl halides is 2. The molecule has 5 fully saturated rings. The zero-order chi connectivity index (χ0) is 27.5. The molecule has 0 aromatic heterocycles. The third kappa shape index (κ3) is 5.91. The molecule has 0 aromatic rings. The molecule has 5 aliphatic rings. The van der Waals surface area contributed by atoms with E-state index >= 15 is 0 Å². The lowest BCUT2D eigenvalue weighted by atomic mass is 9.41. The van der Waals surface area contributed by atoms with E-state index in [2.05, 4.69) is 13.8 Å². The Kier molecular flexibility index (Phi) is 10.4. The normalized spacial score (nSPS) is 42.5. The highest BCUT2D eigenvalue weighted by Crippen LogP contribution is 2.75. The summed E-state index contributed by atoms with van der Waals surface area (Å²) in [6.45, 7) is 4.62. The summed E-state index contributed by atoms with van der Waals surface area (Å²) in [4.78, 5) is 14.1. The predicted molar refractivity (Wildman–Crippen MR) is 167 cm³/mol. The van der Waals surface area contributed by atoms with Crippen molar-refractivity contribution in [3.8, 4) is 0 Å². The van der Waals surface area contributed by atoms with Crippen molar-refractivity contribution in [2.24, 2.45) is 46.3 Å². The van der Waals surface area contributed by atoms with Gasteiger partial charge in [-0.2, -0.15) is 0 Å². The summed E-state index contributed by atoms with van der Waals surface area (Å²) in [6, 6.07) is 0. The maximum Gasteiger partial charge on any atom is 0.151 e. The van der Waals surface area contributed by atoms with E-state index in [9.17, 15) is 4.79 Å². The topological polar surface area (TPSA) is 17.1 Å². The van der Waals surface area contributed by atoms with Gasteiger partial charge in [-0.15, -0.1) is 0 Å². The van der Waals surface area contributed by atoms with Crippen molar-refractivity contribution in [2.75, 3.05) is 0 Å². The van der Waals surface area contributed by atoms with Crippen LogP contribution in [0.2, 0.25) is 0 Å². The molecule has 2 spiro atoms. The van der Waals surface area contributed by atoms with Gasteiger partial charge in [-0.05, 0) is 113 Å². The molecule has 39 heavy (non-hydrogen) atoms. The Labute approximate surface area is 251 Å². The van der Waals surface area contributed by atoms with Gasteiger partial charge in [-0.25, -0.2) is 0 Å². The molecule has 0 aromatic carbocycles. The monoisotopic (exact) mass is 578 g/mol. The Morgan fingerprint density at radius 1 is 0.538 bits per heavy atom. The Balaban J connectivity index is 1.08. The van der Waals surface area contributed by atoms with E-state index in [4.69, 9.17) is 23.2 Å². The van der Waals surface area contributed by atoms with Gasteiger partial charge >= 0.3 is 0 Å². The van der Waals surface area contributed by atoms with Crippen molar-refractivity contribution >= 4 is 29.0 Å². The molecular formula is C36H60Cl2O. The molecular weight excluding hydrogens is 519 g/mol. The van der Waals surface area contributed by atoms with Crippen LogP contribution in [0.15, 0.2) is 0 Å². The van der Waals surface area contributed by atoms with Gasteiger partial charge in [-0.3, -0.25) is 4.79 Å². The van der Waals surface area contributed by atoms with Crippen LogP contribution in [0.4, 0.5) is 0 Å². The summed E-state index contributed by atoms with van der Waals surface area (Å²) >= 11 is 14.7. The highest BCUT2D eigenvalue weighted by molar-refractivity contribution is 6.55. The predicted octanol–water partition coefficient (Wildman–Crippen LogP) is 11.9. The second-order valence-corrected chi connectivity index (χ2v) is 16.6. The van der Waals surface area contributed by atoms with Gasteiger partial charge in [0.1, 0.15) is 4.33 Å². The van der Waals surface area contributed by atoms with E-state index in [1.807, 2.05) is 0 Å². The van der Waals surface area contributed by atoms with E-state index in [1.54, 1.807) is 0 Å². The maximum atomic E-state index is 14.1. The summed E-state index contributed by atoms with van der Waals surface area (Å²) in [5.74, 6) is 5.80. The van der Waals surface area contributed by atoms with Crippen LogP contribution in [0.5, 0.6) is 0 Å². The molecule has 0 N–H and O–H groups in total. The molecule has 0 radical (unpaired) electrons. The van der Waals surface area contributed by atoms with Crippen LogP contribution in [0, 0.1) is 46.3 Å². The first kappa shape index (κ1) is 30.7. The molecule has 0 unspecified atom stereocenters. The number of halogens is 2. The first-order valence-electron chi connectivity index (χ1n) is 17.8. The van der Waals surface area contributed by atoms with Crippen LogP contribution in [0.25, 0.3) is 0 Å². The van der Waals surface area contributed by atoms with Gasteiger partial charge in [0.05, 0.1) is 10.8 Å². The van der Waals surface area contributed by atoms with Crippen LogP contribution in [-0.4, -0.2) is 10.1 Å². The number of unbranched alkanes of at least 4 members (excludes halogenated alkanes) is 4. The number of hydrogen-bond donors (Lipinski definition) is 0. The highest BCUT2D eigenvalue weighted by atomic mass is 35.5. The van der Waals surface area contributed by atoms with E-state index in [0.717, 1.165) is 61.2 Å². The fourth-order valence-corrected chi connectivity index (χ4v) is 11.8. The minimum absolute atomic E-state index is 0.437. The molecule has 0 saturated heterocycles. The van der Waals surface area contributed by atoms with Crippen molar-refractivity contribution < 1.29 is 4.79 Å². The molecule has 0 bridgehead atoms. The molecule has 5 aliphatic carbocycles. The fraction of sp³-hybridized carbons (Fsp3) is 0.972. The summed E-state index contributed by atoms with van der Waals surface area (Å²) in [6.07, 6.45) is 31.2. The Morgan fingerprint density at radius 2 is 0.872 bits per heavy atom. The first-order chi connectivity index (χ1) is 18.9. The molecule has 0 aliphatic heterocycles. The molecule has 0 atom stereocenters. The molecule has 0 amide bonds. The van der Waals surface area contributed by atoms with Crippen molar-refractivity contribution in [1.29, 1.82) is 0 Å². The van der Waals surface area contributed by atoms with Gasteiger partial charge in [0.2, 0.25) is 0 Å². The quantitative estimate of drug-likeness (QED) is 0.186. The number of carbonyl (C=O) groups excluding carboxylic acids is 1. The largest absolute Gasteiger partial charge is 0.298 e. The lowest BCUT2D eigenvalue weighted by molar-refractivity contribution is -0.173. The van der Waals surface area contributed by atoms with Gasteiger partial charge in [0.15, 0.2) is 5.78 Å². The lowest BCUT2D eigenvalue weighted by Crippen LogP contribution is -2.74. The third-order valence-corrected chi connectivity index (χ3v) is 14.8. The highest BCUT2D eigenvalue weighted by Gasteiger charge is 2.79. The van der Waals surface area contributed by atoms with Crippen molar-refractivity contribution in [1.82, 2.24) is 0 Å². The molecule has 5 rings (SSSR count). The van der Waals surface area contributed by atoms with Crippen molar-refractivity contribution in [3.05, 3.63) is 0 Å². The summed E-state index contributed by atoms with van der Waals surface area (Å²) < 4.78 is -0.832. The van der Waals surface area contributed by atoms with Gasteiger partial charge < -0.3 is 0 Å².